The Balaban J connectivity index is 3.07. The quantitative estimate of drug-likeness (QED) is 0.399. The molecule has 0 saturated heterocycles. The molecule has 0 unspecified atom stereocenters. The number of ether oxygens (including phenoxy) is 2. The Morgan fingerprint density at radius 3 is 1.64 bits per heavy atom. The third-order valence-electron chi connectivity index (χ3n) is 1.65. The third-order valence-corrected chi connectivity index (χ3v) is 1.65. The second-order valence-corrected chi connectivity index (χ2v) is 3.19. The van der Waals surface area contributed by atoms with Crippen molar-refractivity contribution in [2.75, 3.05) is 39.5 Å². The predicted molar refractivity (Wildman–Crippen MR) is 57.0 cm³/mol. The van der Waals surface area contributed by atoms with Crippen LogP contribution in [0.15, 0.2) is 0 Å². The molecule has 5 nitrogen and oxygen atoms in total. The van der Waals surface area contributed by atoms with Crippen LogP contribution in [0.4, 0.5) is 0 Å². The normalized spacial score (nSPS) is 11.1. The van der Waals surface area contributed by atoms with Gasteiger partial charge in [-0.25, -0.2) is 0 Å². The van der Waals surface area contributed by atoms with Crippen molar-refractivity contribution in [2.24, 2.45) is 17.2 Å². The van der Waals surface area contributed by atoms with E-state index in [1.54, 1.807) is 0 Å². The fourth-order valence-corrected chi connectivity index (χ4v) is 0.888. The van der Waals surface area contributed by atoms with E-state index in [1.807, 2.05) is 0 Å². The van der Waals surface area contributed by atoms with Crippen molar-refractivity contribution in [3.63, 3.8) is 0 Å². The summed E-state index contributed by atoms with van der Waals surface area (Å²) < 4.78 is 10.6. The van der Waals surface area contributed by atoms with Crippen molar-refractivity contribution in [3.8, 4) is 0 Å². The Morgan fingerprint density at radius 2 is 1.29 bits per heavy atom. The van der Waals surface area contributed by atoms with Gasteiger partial charge in [0.05, 0.1) is 19.3 Å². The summed E-state index contributed by atoms with van der Waals surface area (Å²) in [5, 5.41) is 0. The molecular formula is C9H23N3O2. The first kappa shape index (κ1) is 13.8. The zero-order valence-electron chi connectivity index (χ0n) is 8.78. The van der Waals surface area contributed by atoms with E-state index in [-0.39, 0.29) is 6.04 Å². The maximum absolute atomic E-state index is 5.73. The van der Waals surface area contributed by atoms with Gasteiger partial charge in [0.1, 0.15) is 0 Å². The lowest BCUT2D eigenvalue weighted by molar-refractivity contribution is 0.0668. The Hall–Kier alpha value is -0.200. The molecule has 0 aromatic rings. The smallest absolute Gasteiger partial charge is 0.0640 e. The van der Waals surface area contributed by atoms with Gasteiger partial charge in [0, 0.05) is 13.2 Å². The summed E-state index contributed by atoms with van der Waals surface area (Å²) in [7, 11) is 0. The van der Waals surface area contributed by atoms with Crippen molar-refractivity contribution in [2.45, 2.75) is 18.9 Å². The fourth-order valence-electron chi connectivity index (χ4n) is 0.888. The molecule has 0 spiro atoms. The van der Waals surface area contributed by atoms with Crippen molar-refractivity contribution >= 4 is 0 Å². The molecule has 0 atom stereocenters. The number of hydrogen-bond donors (Lipinski definition) is 3. The average Bonchev–Trinajstić information content (AvgIpc) is 2.19. The molecule has 0 rings (SSSR count). The molecule has 14 heavy (non-hydrogen) atoms. The first-order valence-corrected chi connectivity index (χ1v) is 5.12. The van der Waals surface area contributed by atoms with Crippen LogP contribution >= 0.6 is 0 Å². The number of rotatable bonds is 10. The molecular weight excluding hydrogens is 182 g/mol. The summed E-state index contributed by atoms with van der Waals surface area (Å²) in [4.78, 5) is 0. The maximum Gasteiger partial charge on any atom is 0.0640 e. The monoisotopic (exact) mass is 205 g/mol. The molecule has 5 heteroatoms. The van der Waals surface area contributed by atoms with E-state index >= 15 is 0 Å². The van der Waals surface area contributed by atoms with Gasteiger partial charge >= 0.3 is 0 Å². The Morgan fingerprint density at radius 1 is 0.857 bits per heavy atom. The highest BCUT2D eigenvalue weighted by Crippen LogP contribution is 1.88. The minimum atomic E-state index is -0.0504. The highest BCUT2D eigenvalue weighted by atomic mass is 16.5. The van der Waals surface area contributed by atoms with Crippen LogP contribution in [0.25, 0.3) is 0 Å². The first-order valence-electron chi connectivity index (χ1n) is 5.12. The van der Waals surface area contributed by atoms with Gasteiger partial charge in [0.25, 0.3) is 0 Å². The van der Waals surface area contributed by atoms with Crippen LogP contribution in [0.5, 0.6) is 0 Å². The average molecular weight is 205 g/mol. The van der Waals surface area contributed by atoms with Crippen LogP contribution in [0.2, 0.25) is 0 Å². The Bertz CT molecular complexity index is 102. The highest BCUT2D eigenvalue weighted by Gasteiger charge is 2.01. The molecule has 0 bridgehead atoms. The fraction of sp³-hybridized carbons (Fsp3) is 1.00. The second-order valence-electron chi connectivity index (χ2n) is 3.19. The van der Waals surface area contributed by atoms with E-state index in [4.69, 9.17) is 26.7 Å². The molecule has 0 heterocycles. The standard InChI is InChI=1S/C9H23N3O2/c10-3-1-5-13-7-9(12)8-14-6-2-4-11/h9H,1-8,10-12H2. The van der Waals surface area contributed by atoms with E-state index < -0.39 is 0 Å². The molecule has 6 N–H and O–H groups in total. The van der Waals surface area contributed by atoms with E-state index in [2.05, 4.69) is 0 Å². The van der Waals surface area contributed by atoms with E-state index in [1.165, 1.54) is 0 Å². The van der Waals surface area contributed by atoms with Crippen molar-refractivity contribution < 1.29 is 9.47 Å². The molecule has 0 aromatic heterocycles. The van der Waals surface area contributed by atoms with Crippen molar-refractivity contribution in [1.29, 1.82) is 0 Å². The van der Waals surface area contributed by atoms with E-state index in [0.717, 1.165) is 12.8 Å². The summed E-state index contributed by atoms with van der Waals surface area (Å²) in [6.45, 7) is 3.72. The van der Waals surface area contributed by atoms with Gasteiger partial charge < -0.3 is 26.7 Å². The van der Waals surface area contributed by atoms with Gasteiger partial charge in [0.15, 0.2) is 0 Å². The molecule has 0 aliphatic heterocycles. The minimum Gasteiger partial charge on any atom is -0.380 e. The second kappa shape index (κ2) is 10.9. The summed E-state index contributed by atoms with van der Waals surface area (Å²) in [5.74, 6) is 0. The molecule has 0 aromatic carbocycles. The zero-order chi connectivity index (χ0) is 10.6. The lowest BCUT2D eigenvalue weighted by Crippen LogP contribution is -2.32. The van der Waals surface area contributed by atoms with Crippen molar-refractivity contribution in [1.82, 2.24) is 0 Å². The molecule has 86 valence electrons. The molecule has 0 aliphatic rings. The molecule has 0 radical (unpaired) electrons. The van der Waals surface area contributed by atoms with Gasteiger partial charge in [-0.2, -0.15) is 0 Å². The number of hydrogen-bond acceptors (Lipinski definition) is 5. The SMILES string of the molecule is NCCCOCC(N)COCCCN. The number of nitrogens with two attached hydrogens (primary N) is 3. The summed E-state index contributed by atoms with van der Waals surface area (Å²) >= 11 is 0. The maximum atomic E-state index is 5.73. The topological polar surface area (TPSA) is 96.5 Å². The van der Waals surface area contributed by atoms with Gasteiger partial charge in [-0.15, -0.1) is 0 Å². The summed E-state index contributed by atoms with van der Waals surface area (Å²) in [5.41, 5.74) is 16.3. The van der Waals surface area contributed by atoms with Crippen LogP contribution in [0.3, 0.4) is 0 Å². The van der Waals surface area contributed by atoms with Crippen LogP contribution in [0, 0.1) is 0 Å². The molecule has 0 aliphatic carbocycles. The molecule has 0 saturated carbocycles. The first-order chi connectivity index (χ1) is 6.81. The van der Waals surface area contributed by atoms with Gasteiger partial charge in [-0.1, -0.05) is 0 Å². The largest absolute Gasteiger partial charge is 0.380 e. The lowest BCUT2D eigenvalue weighted by Gasteiger charge is -2.12. The van der Waals surface area contributed by atoms with Crippen LogP contribution in [-0.2, 0) is 9.47 Å². The third kappa shape index (κ3) is 9.88. The lowest BCUT2D eigenvalue weighted by atomic mass is 10.3. The van der Waals surface area contributed by atoms with Gasteiger partial charge in [-0.3, -0.25) is 0 Å². The van der Waals surface area contributed by atoms with Crippen LogP contribution in [-0.4, -0.2) is 45.6 Å². The summed E-state index contributed by atoms with van der Waals surface area (Å²) in [6.07, 6.45) is 1.75. The molecule has 0 fully saturated rings. The van der Waals surface area contributed by atoms with Crippen LogP contribution in [0.1, 0.15) is 12.8 Å². The molecule has 0 amide bonds. The predicted octanol–water partition coefficient (Wildman–Crippen LogP) is -0.955. The minimum absolute atomic E-state index is 0.0504. The summed E-state index contributed by atoms with van der Waals surface area (Å²) in [6, 6.07) is -0.0504. The zero-order valence-corrected chi connectivity index (χ0v) is 8.78. The Kier molecular flexibility index (Phi) is 10.7. The van der Waals surface area contributed by atoms with Gasteiger partial charge in [-0.05, 0) is 25.9 Å². The van der Waals surface area contributed by atoms with Gasteiger partial charge in [0.2, 0.25) is 0 Å². The highest BCUT2D eigenvalue weighted by molar-refractivity contribution is 4.57. The Labute approximate surface area is 85.9 Å². The van der Waals surface area contributed by atoms with Crippen LogP contribution < -0.4 is 17.2 Å². The van der Waals surface area contributed by atoms with E-state index in [0.29, 0.717) is 39.5 Å². The van der Waals surface area contributed by atoms with Crippen molar-refractivity contribution in [3.05, 3.63) is 0 Å². The van der Waals surface area contributed by atoms with E-state index in [9.17, 15) is 0 Å².